The van der Waals surface area contributed by atoms with Gasteiger partial charge in [-0.05, 0) is 12.8 Å². The lowest BCUT2D eigenvalue weighted by Crippen LogP contribution is -2.13. The molecule has 1 saturated heterocycles. The van der Waals surface area contributed by atoms with Gasteiger partial charge >= 0.3 is 0 Å². The molecule has 0 aliphatic carbocycles. The Kier molecular flexibility index (Phi) is 2.61. The van der Waals surface area contributed by atoms with E-state index >= 15 is 0 Å². The molecule has 0 spiro atoms. The van der Waals surface area contributed by atoms with Gasteiger partial charge in [0, 0.05) is 19.3 Å². The highest BCUT2D eigenvalue weighted by Gasteiger charge is 2.15. The van der Waals surface area contributed by atoms with Crippen molar-refractivity contribution in [1.29, 1.82) is 0 Å². The second kappa shape index (κ2) is 3.89. The van der Waals surface area contributed by atoms with E-state index in [0.717, 1.165) is 31.7 Å². The Morgan fingerprint density at radius 1 is 1.69 bits per heavy atom. The summed E-state index contributed by atoms with van der Waals surface area (Å²) in [5.41, 5.74) is 0.720. The summed E-state index contributed by atoms with van der Waals surface area (Å²) in [7, 11) is 0. The molecule has 4 nitrogen and oxygen atoms in total. The van der Waals surface area contributed by atoms with E-state index in [1.807, 2.05) is 10.8 Å². The molecule has 1 aromatic heterocycles. The first-order valence-corrected chi connectivity index (χ1v) is 4.61. The SMILES string of the molecule is OCc1cn(C[C@H]2CCCO2)cn1. The highest BCUT2D eigenvalue weighted by Crippen LogP contribution is 2.13. The molecule has 0 bridgehead atoms. The fraction of sp³-hybridized carbons (Fsp3) is 0.667. The average molecular weight is 182 g/mol. The Balaban J connectivity index is 1.92. The molecule has 1 aliphatic heterocycles. The molecular formula is C9H14N2O2. The van der Waals surface area contributed by atoms with Crippen molar-refractivity contribution in [2.24, 2.45) is 0 Å². The van der Waals surface area contributed by atoms with Crippen molar-refractivity contribution in [3.8, 4) is 0 Å². The van der Waals surface area contributed by atoms with E-state index in [1.165, 1.54) is 0 Å². The number of rotatable bonds is 3. The van der Waals surface area contributed by atoms with Crippen LogP contribution in [0.1, 0.15) is 18.5 Å². The smallest absolute Gasteiger partial charge is 0.0951 e. The number of nitrogens with zero attached hydrogens (tertiary/aromatic N) is 2. The molecule has 1 N–H and O–H groups in total. The van der Waals surface area contributed by atoms with Crippen LogP contribution in [0, 0.1) is 0 Å². The molecule has 13 heavy (non-hydrogen) atoms. The summed E-state index contributed by atoms with van der Waals surface area (Å²) in [5, 5.41) is 8.80. The lowest BCUT2D eigenvalue weighted by molar-refractivity contribution is 0.0969. The minimum Gasteiger partial charge on any atom is -0.390 e. The predicted molar refractivity (Wildman–Crippen MR) is 47.1 cm³/mol. The molecule has 4 heteroatoms. The first kappa shape index (κ1) is 8.72. The monoisotopic (exact) mass is 182 g/mol. The van der Waals surface area contributed by atoms with E-state index in [1.54, 1.807) is 6.33 Å². The lowest BCUT2D eigenvalue weighted by Gasteiger charge is -2.08. The van der Waals surface area contributed by atoms with Crippen molar-refractivity contribution in [2.75, 3.05) is 6.61 Å². The standard InChI is InChI=1S/C9H14N2O2/c12-6-8-4-11(7-10-8)5-9-2-1-3-13-9/h4,7,9,12H,1-3,5-6H2/t9-/m1/s1. The molecule has 0 radical (unpaired) electrons. The fourth-order valence-corrected chi connectivity index (χ4v) is 1.61. The number of aliphatic hydroxyl groups excluding tert-OH is 1. The van der Waals surface area contributed by atoms with Crippen LogP contribution in [0.25, 0.3) is 0 Å². The van der Waals surface area contributed by atoms with Crippen LogP contribution in [0.15, 0.2) is 12.5 Å². The number of aliphatic hydroxyl groups is 1. The van der Waals surface area contributed by atoms with E-state index in [4.69, 9.17) is 9.84 Å². The molecule has 0 amide bonds. The molecule has 2 rings (SSSR count). The van der Waals surface area contributed by atoms with E-state index in [9.17, 15) is 0 Å². The van der Waals surface area contributed by atoms with Crippen LogP contribution >= 0.6 is 0 Å². The summed E-state index contributed by atoms with van der Waals surface area (Å²) in [4.78, 5) is 4.03. The van der Waals surface area contributed by atoms with Gasteiger partial charge in [-0.3, -0.25) is 0 Å². The zero-order chi connectivity index (χ0) is 9.10. The van der Waals surface area contributed by atoms with Gasteiger partial charge in [-0.2, -0.15) is 0 Å². The zero-order valence-electron chi connectivity index (χ0n) is 7.52. The molecule has 1 aromatic rings. The van der Waals surface area contributed by atoms with Crippen LogP contribution in [0.3, 0.4) is 0 Å². The maximum atomic E-state index is 8.80. The van der Waals surface area contributed by atoms with Crippen molar-refractivity contribution >= 4 is 0 Å². The molecule has 0 aromatic carbocycles. The number of hydrogen-bond donors (Lipinski definition) is 1. The Morgan fingerprint density at radius 2 is 2.62 bits per heavy atom. The van der Waals surface area contributed by atoms with Gasteiger partial charge in [0.25, 0.3) is 0 Å². The van der Waals surface area contributed by atoms with Gasteiger partial charge in [-0.25, -0.2) is 4.98 Å². The highest BCUT2D eigenvalue weighted by atomic mass is 16.5. The van der Waals surface area contributed by atoms with Crippen LogP contribution in [-0.2, 0) is 17.9 Å². The number of hydrogen-bond acceptors (Lipinski definition) is 3. The predicted octanol–water partition coefficient (Wildman–Crippen LogP) is 0.554. The van der Waals surface area contributed by atoms with Crippen LogP contribution < -0.4 is 0 Å². The van der Waals surface area contributed by atoms with Crippen molar-refractivity contribution in [1.82, 2.24) is 9.55 Å². The summed E-state index contributed by atoms with van der Waals surface area (Å²) < 4.78 is 7.46. The molecule has 1 atom stereocenters. The molecular weight excluding hydrogens is 168 g/mol. The summed E-state index contributed by atoms with van der Waals surface area (Å²) in [6, 6.07) is 0. The quantitative estimate of drug-likeness (QED) is 0.742. The van der Waals surface area contributed by atoms with Crippen molar-refractivity contribution in [3.05, 3.63) is 18.2 Å². The largest absolute Gasteiger partial charge is 0.390 e. The second-order valence-electron chi connectivity index (χ2n) is 3.35. The van der Waals surface area contributed by atoms with Crippen LogP contribution in [0.4, 0.5) is 0 Å². The van der Waals surface area contributed by atoms with Gasteiger partial charge in [0.15, 0.2) is 0 Å². The molecule has 72 valence electrons. The van der Waals surface area contributed by atoms with Crippen LogP contribution in [-0.4, -0.2) is 27.4 Å². The Morgan fingerprint density at radius 3 is 3.23 bits per heavy atom. The lowest BCUT2D eigenvalue weighted by atomic mass is 10.2. The summed E-state index contributed by atoms with van der Waals surface area (Å²) >= 11 is 0. The molecule has 2 heterocycles. The van der Waals surface area contributed by atoms with Crippen molar-refractivity contribution < 1.29 is 9.84 Å². The first-order chi connectivity index (χ1) is 6.38. The van der Waals surface area contributed by atoms with Gasteiger partial charge in [0.1, 0.15) is 0 Å². The minimum atomic E-state index is 0.0124. The van der Waals surface area contributed by atoms with Gasteiger partial charge in [-0.15, -0.1) is 0 Å². The van der Waals surface area contributed by atoms with E-state index in [0.29, 0.717) is 6.10 Å². The third-order valence-corrected chi connectivity index (χ3v) is 2.29. The maximum absolute atomic E-state index is 8.80. The number of aromatic nitrogens is 2. The normalized spacial score (nSPS) is 22.4. The Hall–Kier alpha value is -0.870. The van der Waals surface area contributed by atoms with Crippen LogP contribution in [0.2, 0.25) is 0 Å². The third-order valence-electron chi connectivity index (χ3n) is 2.29. The topological polar surface area (TPSA) is 47.3 Å². The van der Waals surface area contributed by atoms with E-state index < -0.39 is 0 Å². The van der Waals surface area contributed by atoms with Crippen LogP contribution in [0.5, 0.6) is 0 Å². The number of ether oxygens (including phenoxy) is 1. The summed E-state index contributed by atoms with van der Waals surface area (Å²) in [6.07, 6.45) is 6.23. The Labute approximate surface area is 77.2 Å². The van der Waals surface area contributed by atoms with Gasteiger partial charge in [0.2, 0.25) is 0 Å². The average Bonchev–Trinajstić information content (AvgIpc) is 2.76. The van der Waals surface area contributed by atoms with Gasteiger partial charge < -0.3 is 14.4 Å². The van der Waals surface area contributed by atoms with Crippen molar-refractivity contribution in [3.63, 3.8) is 0 Å². The second-order valence-corrected chi connectivity index (χ2v) is 3.35. The van der Waals surface area contributed by atoms with Gasteiger partial charge in [0.05, 0.1) is 24.7 Å². The highest BCUT2D eigenvalue weighted by molar-refractivity contribution is 4.94. The summed E-state index contributed by atoms with van der Waals surface area (Å²) in [6.45, 7) is 1.75. The molecule has 1 aliphatic rings. The molecule has 0 unspecified atom stereocenters. The molecule has 0 saturated carbocycles. The molecule has 1 fully saturated rings. The van der Waals surface area contributed by atoms with E-state index in [-0.39, 0.29) is 6.61 Å². The minimum absolute atomic E-state index is 0.0124. The first-order valence-electron chi connectivity index (χ1n) is 4.61. The number of imidazole rings is 1. The third kappa shape index (κ3) is 2.08. The maximum Gasteiger partial charge on any atom is 0.0951 e. The van der Waals surface area contributed by atoms with E-state index in [2.05, 4.69) is 4.98 Å². The van der Waals surface area contributed by atoms with Crippen molar-refractivity contribution in [2.45, 2.75) is 32.1 Å². The van der Waals surface area contributed by atoms with Gasteiger partial charge in [-0.1, -0.05) is 0 Å². The Bertz CT molecular complexity index is 266. The zero-order valence-corrected chi connectivity index (χ0v) is 7.52. The fourth-order valence-electron chi connectivity index (χ4n) is 1.61. The summed E-state index contributed by atoms with van der Waals surface area (Å²) in [5.74, 6) is 0.